The Morgan fingerprint density at radius 3 is 2.56 bits per heavy atom. The first-order chi connectivity index (χ1) is 20.0. The number of benzene rings is 2. The molecule has 1 saturated heterocycles. The van der Waals surface area contributed by atoms with Gasteiger partial charge < -0.3 is 20.4 Å². The number of fused-ring (bicyclic) bond motifs is 1. The highest BCUT2D eigenvalue weighted by Gasteiger charge is 2.26. The Labute approximate surface area is 241 Å². The minimum atomic E-state index is -0.295. The largest absolute Gasteiger partial charge is 0.360 e. The van der Waals surface area contributed by atoms with Crippen molar-refractivity contribution < 1.29 is 9.18 Å². The number of anilines is 4. The van der Waals surface area contributed by atoms with E-state index >= 15 is 0 Å². The lowest BCUT2D eigenvalue weighted by Gasteiger charge is -2.38. The summed E-state index contributed by atoms with van der Waals surface area (Å²) < 4.78 is 18.7. The van der Waals surface area contributed by atoms with Crippen LogP contribution in [0.25, 0.3) is 12.3 Å². The van der Waals surface area contributed by atoms with Crippen molar-refractivity contribution in [3.63, 3.8) is 0 Å². The summed E-state index contributed by atoms with van der Waals surface area (Å²) in [7, 11) is 2.17. The van der Waals surface area contributed by atoms with Crippen LogP contribution in [0.15, 0.2) is 67.0 Å². The van der Waals surface area contributed by atoms with Crippen molar-refractivity contribution in [2.75, 3.05) is 44.0 Å². The number of rotatable bonds is 8. The highest BCUT2D eigenvalue weighted by molar-refractivity contribution is 7.03. The van der Waals surface area contributed by atoms with E-state index in [9.17, 15) is 9.18 Å². The number of likely N-dealkylation sites (tertiary alicyclic amines) is 1. The summed E-state index contributed by atoms with van der Waals surface area (Å²) in [5.74, 6) is 0.749. The van der Waals surface area contributed by atoms with Crippen LogP contribution in [0.1, 0.15) is 23.2 Å². The molecule has 2 aromatic carbocycles. The first-order valence-corrected chi connectivity index (χ1v) is 14.4. The fourth-order valence-corrected chi connectivity index (χ4v) is 5.79. The molecular weight excluding hydrogens is 539 g/mol. The van der Waals surface area contributed by atoms with E-state index < -0.39 is 0 Å². The molecule has 2 aliphatic rings. The second-order valence-electron chi connectivity index (χ2n) is 10.3. The van der Waals surface area contributed by atoms with Gasteiger partial charge in [-0.2, -0.15) is 9.36 Å². The maximum atomic E-state index is 13.2. The van der Waals surface area contributed by atoms with E-state index in [4.69, 9.17) is 0 Å². The zero-order valence-electron chi connectivity index (χ0n) is 22.7. The van der Waals surface area contributed by atoms with Crippen molar-refractivity contribution in [1.82, 2.24) is 29.0 Å². The molecule has 1 fully saturated rings. The molecule has 41 heavy (non-hydrogen) atoms. The normalized spacial score (nSPS) is 15.2. The molecule has 0 aliphatic carbocycles. The number of aromatic nitrogens is 3. The van der Waals surface area contributed by atoms with Crippen LogP contribution in [0.4, 0.5) is 27.5 Å². The molecule has 210 valence electrons. The fourth-order valence-electron chi connectivity index (χ4n) is 5.15. The van der Waals surface area contributed by atoms with Gasteiger partial charge in [-0.05, 0) is 92.1 Å². The van der Waals surface area contributed by atoms with Crippen LogP contribution in [0.2, 0.25) is 0 Å². The summed E-state index contributed by atoms with van der Waals surface area (Å²) in [6.07, 6.45) is 9.89. The summed E-state index contributed by atoms with van der Waals surface area (Å²) in [6, 6.07) is 15.6. The number of piperidine rings is 1. The van der Waals surface area contributed by atoms with Gasteiger partial charge in [-0.1, -0.05) is 0 Å². The van der Waals surface area contributed by atoms with E-state index in [-0.39, 0.29) is 11.7 Å². The number of halogens is 1. The van der Waals surface area contributed by atoms with Crippen LogP contribution in [0, 0.1) is 5.82 Å². The quantitative estimate of drug-likeness (QED) is 0.332. The third-order valence-electron chi connectivity index (χ3n) is 7.40. The number of nitrogens with one attached hydrogen (secondary N) is 2. The number of nitrogens with zero attached hydrogens (tertiary/aromatic N) is 6. The Bertz CT molecular complexity index is 1620. The molecule has 4 aromatic rings. The molecule has 0 saturated carbocycles. The van der Waals surface area contributed by atoms with Crippen molar-refractivity contribution in [3.05, 3.63) is 88.1 Å². The van der Waals surface area contributed by atoms with Gasteiger partial charge in [0.15, 0.2) is 0 Å². The lowest BCUT2D eigenvalue weighted by atomic mass is 10.0. The molecule has 0 atom stereocenters. The third-order valence-corrected chi connectivity index (χ3v) is 8.21. The number of amides is 1. The van der Waals surface area contributed by atoms with Crippen molar-refractivity contribution in [2.45, 2.75) is 18.9 Å². The van der Waals surface area contributed by atoms with Gasteiger partial charge in [0.1, 0.15) is 11.6 Å². The van der Waals surface area contributed by atoms with Crippen LogP contribution in [-0.2, 0) is 0 Å². The lowest BCUT2D eigenvalue weighted by Crippen LogP contribution is -2.48. The van der Waals surface area contributed by atoms with Crippen molar-refractivity contribution in [2.24, 2.45) is 0 Å². The molecule has 2 N–H and O–H groups in total. The highest BCUT2D eigenvalue weighted by atomic mass is 32.1. The van der Waals surface area contributed by atoms with Crippen LogP contribution in [-0.4, -0.2) is 74.3 Å². The van der Waals surface area contributed by atoms with Crippen molar-refractivity contribution >= 4 is 52.9 Å². The molecule has 0 bridgehead atoms. The van der Waals surface area contributed by atoms with Crippen LogP contribution in [0.3, 0.4) is 0 Å². The van der Waals surface area contributed by atoms with E-state index in [1.165, 1.54) is 21.9 Å². The van der Waals surface area contributed by atoms with E-state index in [0.29, 0.717) is 23.4 Å². The molecule has 6 rings (SSSR count). The molecule has 0 spiro atoms. The molecule has 11 heteroatoms. The van der Waals surface area contributed by atoms with Crippen LogP contribution in [0.5, 0.6) is 0 Å². The minimum absolute atomic E-state index is 0.0517. The molecule has 2 aliphatic heterocycles. The summed E-state index contributed by atoms with van der Waals surface area (Å²) in [5.41, 5.74) is 2.16. The monoisotopic (exact) mass is 570 g/mol. The first kappa shape index (κ1) is 26.9. The zero-order chi connectivity index (χ0) is 28.2. The standard InChI is InChI=1S/C30H31FN8OS/c1-37(20-38-15-13-27-22(19-38)18-33-41-27)26-11-16-39(17-12-26)29(40)21-2-6-25(7-3-21)35-30-32-14-10-28(36-30)34-24-8-4-23(31)5-9-24/h2-10,13-14,18-19,26H,11-12,15-17,20H2,1H3,(H2,32,34,35,36). The van der Waals surface area contributed by atoms with Crippen molar-refractivity contribution in [1.29, 1.82) is 0 Å². The average Bonchev–Trinajstić information content (AvgIpc) is 3.47. The summed E-state index contributed by atoms with van der Waals surface area (Å²) in [5, 5.41) is 7.50. The lowest BCUT2D eigenvalue weighted by molar-refractivity contribution is 0.0610. The Morgan fingerprint density at radius 1 is 1.05 bits per heavy atom. The SMILES string of the molecule is CN(CN1C=c2cnsc2=CC1)C1CCN(C(=O)c2ccc(Nc3nccc(Nc4ccc(F)cc4)n3)cc2)CC1. The van der Waals surface area contributed by atoms with Crippen LogP contribution < -0.4 is 20.4 Å². The number of carbonyl (C=O) groups is 1. The maximum absolute atomic E-state index is 13.2. The molecule has 0 unspecified atom stereocenters. The minimum Gasteiger partial charge on any atom is -0.360 e. The Balaban J connectivity index is 0.998. The third kappa shape index (κ3) is 6.53. The Morgan fingerprint density at radius 2 is 1.78 bits per heavy atom. The molecular formula is C30H31FN8OS. The van der Waals surface area contributed by atoms with E-state index in [2.05, 4.69) is 54.1 Å². The van der Waals surface area contributed by atoms with E-state index in [1.807, 2.05) is 35.4 Å². The number of hydrogen-bond donors (Lipinski definition) is 2. The highest BCUT2D eigenvalue weighted by Crippen LogP contribution is 2.21. The molecule has 4 heterocycles. The van der Waals surface area contributed by atoms with E-state index in [0.717, 1.165) is 50.5 Å². The van der Waals surface area contributed by atoms with Gasteiger partial charge >= 0.3 is 0 Å². The number of hydrogen-bond acceptors (Lipinski definition) is 9. The molecule has 9 nitrogen and oxygen atoms in total. The van der Waals surface area contributed by atoms with Gasteiger partial charge in [-0.3, -0.25) is 9.69 Å². The van der Waals surface area contributed by atoms with Gasteiger partial charge in [0, 0.05) is 66.4 Å². The maximum Gasteiger partial charge on any atom is 0.253 e. The molecule has 1 amide bonds. The fraction of sp³-hybridized carbons (Fsp3) is 0.267. The van der Waals surface area contributed by atoms with Gasteiger partial charge in [0.05, 0.1) is 11.2 Å². The first-order valence-electron chi connectivity index (χ1n) is 13.6. The van der Waals surface area contributed by atoms with Crippen molar-refractivity contribution in [3.8, 4) is 0 Å². The van der Waals surface area contributed by atoms with Gasteiger partial charge in [-0.15, -0.1) is 0 Å². The van der Waals surface area contributed by atoms with Gasteiger partial charge in [-0.25, -0.2) is 9.37 Å². The zero-order valence-corrected chi connectivity index (χ0v) is 23.5. The second-order valence-corrected chi connectivity index (χ2v) is 11.1. The van der Waals surface area contributed by atoms with E-state index in [1.54, 1.807) is 35.9 Å². The summed E-state index contributed by atoms with van der Waals surface area (Å²) in [6.45, 7) is 3.23. The smallest absolute Gasteiger partial charge is 0.253 e. The summed E-state index contributed by atoms with van der Waals surface area (Å²) in [4.78, 5) is 28.6. The van der Waals surface area contributed by atoms with Crippen LogP contribution >= 0.6 is 11.5 Å². The number of carbonyl (C=O) groups excluding carboxylic acids is 1. The average molecular weight is 571 g/mol. The Hall–Kier alpha value is -4.35. The van der Waals surface area contributed by atoms with Gasteiger partial charge in [0.25, 0.3) is 5.91 Å². The second kappa shape index (κ2) is 12.0. The summed E-state index contributed by atoms with van der Waals surface area (Å²) >= 11 is 1.54. The van der Waals surface area contributed by atoms with Gasteiger partial charge in [0.2, 0.25) is 5.95 Å². The predicted molar refractivity (Wildman–Crippen MR) is 160 cm³/mol. The molecule has 0 radical (unpaired) electrons. The topological polar surface area (TPSA) is 89.5 Å². The molecule has 2 aromatic heterocycles. The Kier molecular flexibility index (Phi) is 7.88. The predicted octanol–water partition coefficient (Wildman–Crippen LogP) is 3.59.